The van der Waals surface area contributed by atoms with Crippen LogP contribution in [-0.2, 0) is 0 Å². The van der Waals surface area contributed by atoms with Gasteiger partial charge in [0, 0.05) is 10.9 Å². The van der Waals surface area contributed by atoms with Gasteiger partial charge in [-0.1, -0.05) is 0 Å². The minimum Gasteiger partial charge on any atom is -0.497 e. The van der Waals surface area contributed by atoms with Crippen LogP contribution < -0.4 is 4.74 Å². The smallest absolute Gasteiger partial charge is 0.134 e. The SMILES string of the molecule is COc1ccc(-c2csc(C(C#N)=C3CCCC3)n2)cc1. The van der Waals surface area contributed by atoms with E-state index in [4.69, 9.17) is 4.74 Å². The van der Waals surface area contributed by atoms with Gasteiger partial charge in [0.05, 0.1) is 18.4 Å². The maximum Gasteiger partial charge on any atom is 0.134 e. The molecule has 0 atom stereocenters. The highest BCUT2D eigenvalue weighted by molar-refractivity contribution is 7.11. The molecular formula is C17H16N2OS. The zero-order chi connectivity index (χ0) is 14.7. The minimum absolute atomic E-state index is 0.789. The Bertz CT molecular complexity index is 699. The third kappa shape index (κ3) is 2.84. The molecule has 1 aromatic heterocycles. The van der Waals surface area contributed by atoms with Gasteiger partial charge in [0.25, 0.3) is 0 Å². The lowest BCUT2D eigenvalue weighted by atomic mass is 10.1. The fourth-order valence-electron chi connectivity index (χ4n) is 2.61. The van der Waals surface area contributed by atoms with E-state index in [9.17, 15) is 5.26 Å². The maximum absolute atomic E-state index is 9.43. The Balaban J connectivity index is 1.92. The first kappa shape index (κ1) is 13.8. The van der Waals surface area contributed by atoms with Crippen LogP contribution in [0.15, 0.2) is 35.2 Å². The predicted octanol–water partition coefficient (Wildman–Crippen LogP) is 4.67. The summed E-state index contributed by atoms with van der Waals surface area (Å²) >= 11 is 1.55. The minimum atomic E-state index is 0.789. The molecule has 0 saturated heterocycles. The Morgan fingerprint density at radius 1 is 1.24 bits per heavy atom. The second-order valence-corrected chi connectivity index (χ2v) is 5.92. The molecule has 2 aromatic rings. The average Bonchev–Trinajstić information content (AvgIpc) is 3.20. The largest absolute Gasteiger partial charge is 0.497 e. The van der Waals surface area contributed by atoms with Crippen LogP contribution in [0.25, 0.3) is 16.8 Å². The van der Waals surface area contributed by atoms with E-state index in [1.165, 1.54) is 18.4 Å². The number of hydrogen-bond donors (Lipinski definition) is 0. The van der Waals surface area contributed by atoms with Crippen molar-refractivity contribution in [1.82, 2.24) is 4.98 Å². The van der Waals surface area contributed by atoms with E-state index in [2.05, 4.69) is 11.1 Å². The Morgan fingerprint density at radius 2 is 1.95 bits per heavy atom. The normalized spacial score (nSPS) is 14.0. The van der Waals surface area contributed by atoms with Gasteiger partial charge in [-0.05, 0) is 55.5 Å². The summed E-state index contributed by atoms with van der Waals surface area (Å²) < 4.78 is 5.17. The van der Waals surface area contributed by atoms with Crippen LogP contribution in [0.4, 0.5) is 0 Å². The molecule has 0 spiro atoms. The van der Waals surface area contributed by atoms with Crippen LogP contribution in [0.5, 0.6) is 5.75 Å². The van der Waals surface area contributed by atoms with Crippen molar-refractivity contribution in [3.8, 4) is 23.1 Å². The molecule has 0 aliphatic heterocycles. The number of hydrogen-bond acceptors (Lipinski definition) is 4. The van der Waals surface area contributed by atoms with Crippen LogP contribution >= 0.6 is 11.3 Å². The van der Waals surface area contributed by atoms with Crippen molar-refractivity contribution in [2.75, 3.05) is 7.11 Å². The van der Waals surface area contributed by atoms with Gasteiger partial charge in [0.15, 0.2) is 0 Å². The van der Waals surface area contributed by atoms with E-state index in [-0.39, 0.29) is 0 Å². The van der Waals surface area contributed by atoms with Crippen molar-refractivity contribution in [2.45, 2.75) is 25.7 Å². The van der Waals surface area contributed by atoms with Crippen LogP contribution in [0.2, 0.25) is 0 Å². The topological polar surface area (TPSA) is 45.9 Å². The third-order valence-corrected chi connectivity index (χ3v) is 4.64. The molecule has 0 N–H and O–H groups in total. The fraction of sp³-hybridized carbons (Fsp3) is 0.294. The highest BCUT2D eigenvalue weighted by Gasteiger charge is 2.17. The third-order valence-electron chi connectivity index (χ3n) is 3.78. The summed E-state index contributed by atoms with van der Waals surface area (Å²) in [4.78, 5) is 4.65. The zero-order valence-corrected chi connectivity index (χ0v) is 12.7. The van der Waals surface area contributed by atoms with Gasteiger partial charge in [-0.3, -0.25) is 0 Å². The molecule has 1 fully saturated rings. The van der Waals surface area contributed by atoms with Crippen LogP contribution in [-0.4, -0.2) is 12.1 Å². The van der Waals surface area contributed by atoms with Gasteiger partial charge < -0.3 is 4.74 Å². The fourth-order valence-corrected chi connectivity index (χ4v) is 3.48. The van der Waals surface area contributed by atoms with Crippen molar-refractivity contribution >= 4 is 16.9 Å². The molecule has 3 rings (SSSR count). The maximum atomic E-state index is 9.43. The van der Waals surface area contributed by atoms with E-state index in [0.29, 0.717) is 0 Å². The monoisotopic (exact) mass is 296 g/mol. The molecular weight excluding hydrogens is 280 g/mol. The number of nitriles is 1. The Morgan fingerprint density at radius 3 is 2.57 bits per heavy atom. The first-order valence-electron chi connectivity index (χ1n) is 7.04. The van der Waals surface area contributed by atoms with Crippen LogP contribution in [0.1, 0.15) is 30.7 Å². The number of rotatable bonds is 3. The number of aromatic nitrogens is 1. The predicted molar refractivity (Wildman–Crippen MR) is 85.1 cm³/mol. The van der Waals surface area contributed by atoms with Crippen molar-refractivity contribution in [3.05, 3.63) is 40.2 Å². The van der Waals surface area contributed by atoms with E-state index in [1.54, 1.807) is 18.4 Å². The number of thiazole rings is 1. The summed E-state index contributed by atoms with van der Waals surface area (Å²) in [6.45, 7) is 0. The average molecular weight is 296 g/mol. The molecule has 0 radical (unpaired) electrons. The van der Waals surface area contributed by atoms with E-state index < -0.39 is 0 Å². The van der Waals surface area contributed by atoms with Crippen LogP contribution in [0, 0.1) is 11.3 Å². The number of benzene rings is 1. The van der Waals surface area contributed by atoms with Gasteiger partial charge >= 0.3 is 0 Å². The van der Waals surface area contributed by atoms with Gasteiger partial charge in [-0.2, -0.15) is 5.26 Å². The molecule has 1 aromatic carbocycles. The lowest BCUT2D eigenvalue weighted by Crippen LogP contribution is -1.87. The quantitative estimate of drug-likeness (QED) is 0.773. The van der Waals surface area contributed by atoms with Crippen molar-refractivity contribution in [1.29, 1.82) is 5.26 Å². The molecule has 0 bridgehead atoms. The Labute approximate surface area is 128 Å². The summed E-state index contributed by atoms with van der Waals surface area (Å²) in [6.07, 6.45) is 4.47. The number of nitrogens with zero attached hydrogens (tertiary/aromatic N) is 2. The van der Waals surface area contributed by atoms with Crippen molar-refractivity contribution in [2.24, 2.45) is 0 Å². The molecule has 1 heterocycles. The molecule has 1 aliphatic carbocycles. The molecule has 1 saturated carbocycles. The summed E-state index contributed by atoms with van der Waals surface area (Å²) in [5.41, 5.74) is 4.03. The number of ether oxygens (including phenoxy) is 1. The van der Waals surface area contributed by atoms with Crippen LogP contribution in [0.3, 0.4) is 0 Å². The summed E-state index contributed by atoms with van der Waals surface area (Å²) in [5, 5.41) is 12.3. The van der Waals surface area contributed by atoms with Crippen molar-refractivity contribution < 1.29 is 4.74 Å². The highest BCUT2D eigenvalue weighted by Crippen LogP contribution is 2.34. The van der Waals surface area contributed by atoms with Gasteiger partial charge in [-0.15, -0.1) is 11.3 Å². The van der Waals surface area contributed by atoms with Gasteiger partial charge in [0.2, 0.25) is 0 Å². The zero-order valence-electron chi connectivity index (χ0n) is 11.9. The van der Waals surface area contributed by atoms with Crippen molar-refractivity contribution in [3.63, 3.8) is 0 Å². The lowest BCUT2D eigenvalue weighted by molar-refractivity contribution is 0.415. The summed E-state index contributed by atoms with van der Waals surface area (Å²) in [6, 6.07) is 10.2. The Kier molecular flexibility index (Phi) is 4.03. The second kappa shape index (κ2) is 6.11. The van der Waals surface area contributed by atoms with Gasteiger partial charge in [-0.25, -0.2) is 4.98 Å². The summed E-state index contributed by atoms with van der Waals surface area (Å²) in [5.74, 6) is 0.833. The molecule has 3 nitrogen and oxygen atoms in total. The second-order valence-electron chi connectivity index (χ2n) is 5.06. The molecule has 1 aliphatic rings. The molecule has 21 heavy (non-hydrogen) atoms. The molecule has 0 amide bonds. The first-order chi connectivity index (χ1) is 10.3. The molecule has 106 valence electrons. The van der Waals surface area contributed by atoms with E-state index in [0.717, 1.165) is 40.4 Å². The lowest BCUT2D eigenvalue weighted by Gasteiger charge is -2.01. The van der Waals surface area contributed by atoms with E-state index in [1.807, 2.05) is 29.6 Å². The van der Waals surface area contributed by atoms with Gasteiger partial charge in [0.1, 0.15) is 16.8 Å². The number of methoxy groups -OCH3 is 1. The number of allylic oxidation sites excluding steroid dienone is 2. The first-order valence-corrected chi connectivity index (χ1v) is 7.92. The highest BCUT2D eigenvalue weighted by atomic mass is 32.1. The molecule has 0 unspecified atom stereocenters. The standard InChI is InChI=1S/C17H16N2OS/c1-20-14-8-6-13(7-9-14)16-11-21-17(19-16)15(10-18)12-4-2-3-5-12/h6-9,11H,2-5H2,1H3. The Hall–Kier alpha value is -2.12. The van der Waals surface area contributed by atoms with E-state index >= 15 is 0 Å². The molecule has 4 heteroatoms. The summed E-state index contributed by atoms with van der Waals surface area (Å²) in [7, 11) is 1.66.